The molecule has 0 saturated carbocycles. The summed E-state index contributed by atoms with van der Waals surface area (Å²) in [6.45, 7) is 8.72. The van der Waals surface area contributed by atoms with Gasteiger partial charge in [0.1, 0.15) is 11.6 Å². The van der Waals surface area contributed by atoms with Crippen molar-refractivity contribution in [3.8, 4) is 0 Å². The van der Waals surface area contributed by atoms with E-state index < -0.39 is 0 Å². The molecule has 0 aliphatic rings. The van der Waals surface area contributed by atoms with Gasteiger partial charge in [-0.25, -0.2) is 9.97 Å². The van der Waals surface area contributed by atoms with Gasteiger partial charge in [-0.1, -0.05) is 0 Å². The van der Waals surface area contributed by atoms with Crippen LogP contribution < -0.4 is 5.32 Å². The third kappa shape index (κ3) is 2.50. The molecule has 0 amide bonds. The Balaban J connectivity index is 2.16. The third-order valence-corrected chi connectivity index (χ3v) is 3.07. The van der Waals surface area contributed by atoms with Crippen molar-refractivity contribution >= 4 is 5.82 Å². The van der Waals surface area contributed by atoms with Gasteiger partial charge in [0.2, 0.25) is 0 Å². The Labute approximate surface area is 107 Å². The van der Waals surface area contributed by atoms with Gasteiger partial charge in [-0.2, -0.15) is 5.10 Å². The van der Waals surface area contributed by atoms with Crippen LogP contribution in [0, 0.1) is 27.7 Å². The van der Waals surface area contributed by atoms with Gasteiger partial charge in [0.05, 0.1) is 5.69 Å². The Morgan fingerprint density at radius 2 is 1.89 bits per heavy atom. The zero-order valence-electron chi connectivity index (χ0n) is 11.6. The predicted molar refractivity (Wildman–Crippen MR) is 71.5 cm³/mol. The van der Waals surface area contributed by atoms with Crippen molar-refractivity contribution < 1.29 is 0 Å². The maximum absolute atomic E-state index is 4.40. The Kier molecular flexibility index (Phi) is 3.32. The molecule has 0 spiro atoms. The maximum Gasteiger partial charge on any atom is 0.130 e. The number of nitrogens with zero attached hydrogens (tertiary/aromatic N) is 4. The monoisotopic (exact) mass is 245 g/mol. The maximum atomic E-state index is 4.40. The van der Waals surface area contributed by atoms with Crippen LogP contribution in [0.1, 0.15) is 28.5 Å². The van der Waals surface area contributed by atoms with Crippen LogP contribution in [0.2, 0.25) is 0 Å². The summed E-state index contributed by atoms with van der Waals surface area (Å²) >= 11 is 0. The summed E-state index contributed by atoms with van der Waals surface area (Å²) in [5, 5.41) is 7.74. The molecule has 2 aromatic heterocycles. The van der Waals surface area contributed by atoms with Gasteiger partial charge in [0.25, 0.3) is 0 Å². The van der Waals surface area contributed by atoms with Gasteiger partial charge in [0.15, 0.2) is 0 Å². The predicted octanol–water partition coefficient (Wildman–Crippen LogP) is 2.06. The Hall–Kier alpha value is -1.91. The van der Waals surface area contributed by atoms with E-state index in [1.807, 2.05) is 38.6 Å². The normalized spacial score (nSPS) is 10.7. The summed E-state index contributed by atoms with van der Waals surface area (Å²) < 4.78 is 1.91. The highest BCUT2D eigenvalue weighted by Crippen LogP contribution is 2.14. The molecule has 0 bridgehead atoms. The van der Waals surface area contributed by atoms with Crippen LogP contribution in [0.25, 0.3) is 0 Å². The number of anilines is 1. The fraction of sp³-hybridized carbons (Fsp3) is 0.462. The summed E-state index contributed by atoms with van der Waals surface area (Å²) in [6, 6.07) is 1.95. The highest BCUT2D eigenvalue weighted by Gasteiger charge is 2.09. The van der Waals surface area contributed by atoms with Crippen molar-refractivity contribution in [1.82, 2.24) is 19.7 Å². The molecule has 96 valence electrons. The van der Waals surface area contributed by atoms with E-state index in [1.165, 1.54) is 11.3 Å². The summed E-state index contributed by atoms with van der Waals surface area (Å²) in [4.78, 5) is 8.63. The molecule has 18 heavy (non-hydrogen) atoms. The number of hydrogen-bond donors (Lipinski definition) is 1. The van der Waals surface area contributed by atoms with Gasteiger partial charge in [-0.3, -0.25) is 4.68 Å². The molecule has 0 aromatic carbocycles. The summed E-state index contributed by atoms with van der Waals surface area (Å²) in [7, 11) is 1.96. The van der Waals surface area contributed by atoms with E-state index in [2.05, 4.69) is 27.3 Å². The molecule has 0 atom stereocenters. The van der Waals surface area contributed by atoms with Crippen LogP contribution in [0.15, 0.2) is 6.07 Å². The van der Waals surface area contributed by atoms with Crippen LogP contribution >= 0.6 is 0 Å². The summed E-state index contributed by atoms with van der Waals surface area (Å²) in [5.41, 5.74) is 4.45. The van der Waals surface area contributed by atoms with Crippen LogP contribution in [-0.4, -0.2) is 19.7 Å². The fourth-order valence-corrected chi connectivity index (χ4v) is 2.06. The van der Waals surface area contributed by atoms with Crippen LogP contribution in [0.4, 0.5) is 5.82 Å². The summed E-state index contributed by atoms with van der Waals surface area (Å²) in [6.07, 6.45) is 0. The Morgan fingerprint density at radius 3 is 2.44 bits per heavy atom. The van der Waals surface area contributed by atoms with Crippen LogP contribution in [0.3, 0.4) is 0 Å². The molecule has 5 heteroatoms. The molecule has 1 N–H and O–H groups in total. The topological polar surface area (TPSA) is 55.6 Å². The van der Waals surface area contributed by atoms with E-state index in [1.54, 1.807) is 0 Å². The first kappa shape index (κ1) is 12.5. The first-order valence-corrected chi connectivity index (χ1v) is 6.02. The van der Waals surface area contributed by atoms with Gasteiger partial charge >= 0.3 is 0 Å². The molecule has 2 aromatic rings. The minimum atomic E-state index is 0.737. The average molecular weight is 245 g/mol. The number of rotatable bonds is 3. The largest absolute Gasteiger partial charge is 0.366 e. The standard InChI is InChI=1S/C13H19N5/c1-8-6-13(16-11(4)15-8)14-7-12-9(2)17-18(5)10(12)3/h6H,7H2,1-5H3,(H,14,15,16). The highest BCUT2D eigenvalue weighted by molar-refractivity contribution is 5.38. The zero-order valence-corrected chi connectivity index (χ0v) is 11.6. The van der Waals surface area contributed by atoms with E-state index >= 15 is 0 Å². The molecular weight excluding hydrogens is 226 g/mol. The van der Waals surface area contributed by atoms with Crippen molar-refractivity contribution in [3.05, 3.63) is 34.5 Å². The lowest BCUT2D eigenvalue weighted by Gasteiger charge is -2.07. The van der Waals surface area contributed by atoms with Gasteiger partial charge in [0, 0.05) is 36.6 Å². The smallest absolute Gasteiger partial charge is 0.130 e. The lowest BCUT2D eigenvalue weighted by atomic mass is 10.2. The molecule has 0 radical (unpaired) electrons. The minimum absolute atomic E-state index is 0.737. The lowest BCUT2D eigenvalue weighted by molar-refractivity contribution is 0.730. The molecule has 0 unspecified atom stereocenters. The SMILES string of the molecule is Cc1cc(NCc2c(C)nn(C)c2C)nc(C)n1. The molecule has 0 aliphatic heterocycles. The number of aryl methyl sites for hydroxylation is 4. The number of aromatic nitrogens is 4. The number of hydrogen-bond acceptors (Lipinski definition) is 4. The van der Waals surface area contributed by atoms with Crippen LogP contribution in [0.5, 0.6) is 0 Å². The van der Waals surface area contributed by atoms with E-state index in [0.29, 0.717) is 0 Å². The third-order valence-electron chi connectivity index (χ3n) is 3.07. The molecule has 0 fully saturated rings. The molecule has 0 aliphatic carbocycles. The first-order chi connectivity index (χ1) is 8.47. The van der Waals surface area contributed by atoms with Crippen molar-refractivity contribution in [3.63, 3.8) is 0 Å². The molecule has 2 heterocycles. The second kappa shape index (κ2) is 4.76. The first-order valence-electron chi connectivity index (χ1n) is 6.02. The van der Waals surface area contributed by atoms with Crippen molar-refractivity contribution in [1.29, 1.82) is 0 Å². The molecule has 5 nitrogen and oxygen atoms in total. The van der Waals surface area contributed by atoms with Crippen molar-refractivity contribution in [2.45, 2.75) is 34.2 Å². The van der Waals surface area contributed by atoms with Gasteiger partial charge in [-0.05, 0) is 27.7 Å². The highest BCUT2D eigenvalue weighted by atomic mass is 15.3. The number of nitrogens with one attached hydrogen (secondary N) is 1. The minimum Gasteiger partial charge on any atom is -0.366 e. The van der Waals surface area contributed by atoms with Crippen molar-refractivity contribution in [2.24, 2.45) is 7.05 Å². The molecule has 0 saturated heterocycles. The molecular formula is C13H19N5. The second-order valence-electron chi connectivity index (χ2n) is 4.57. The second-order valence-corrected chi connectivity index (χ2v) is 4.57. The zero-order chi connectivity index (χ0) is 13.3. The Bertz CT molecular complexity index is 551. The van der Waals surface area contributed by atoms with Gasteiger partial charge < -0.3 is 5.32 Å². The summed E-state index contributed by atoms with van der Waals surface area (Å²) in [5.74, 6) is 1.65. The van der Waals surface area contributed by atoms with E-state index in [4.69, 9.17) is 0 Å². The van der Waals surface area contributed by atoms with Gasteiger partial charge in [-0.15, -0.1) is 0 Å². The van der Waals surface area contributed by atoms with Crippen molar-refractivity contribution in [2.75, 3.05) is 5.32 Å². The van der Waals surface area contributed by atoms with E-state index in [9.17, 15) is 0 Å². The Morgan fingerprint density at radius 1 is 1.17 bits per heavy atom. The van der Waals surface area contributed by atoms with E-state index in [0.717, 1.165) is 29.6 Å². The lowest BCUT2D eigenvalue weighted by Crippen LogP contribution is -2.05. The van der Waals surface area contributed by atoms with Crippen LogP contribution in [-0.2, 0) is 13.6 Å². The molecule has 2 rings (SSSR count). The average Bonchev–Trinajstić information content (AvgIpc) is 2.50. The quantitative estimate of drug-likeness (QED) is 0.899. The van der Waals surface area contributed by atoms with E-state index in [-0.39, 0.29) is 0 Å². The fourth-order valence-electron chi connectivity index (χ4n) is 2.06.